The number of piperidine rings is 1. The lowest BCUT2D eigenvalue weighted by Gasteiger charge is -2.33. The summed E-state index contributed by atoms with van der Waals surface area (Å²) in [6, 6.07) is 2.86. The van der Waals surface area contributed by atoms with E-state index in [9.17, 15) is 22.4 Å². The van der Waals surface area contributed by atoms with Gasteiger partial charge in [-0.15, -0.1) is 0 Å². The van der Waals surface area contributed by atoms with Crippen LogP contribution in [-0.2, 0) is 24.7 Å². The van der Waals surface area contributed by atoms with E-state index in [1.165, 1.54) is 6.07 Å². The van der Waals surface area contributed by atoms with Gasteiger partial charge in [0, 0.05) is 25.2 Å². The van der Waals surface area contributed by atoms with Gasteiger partial charge in [0.1, 0.15) is 5.82 Å². The Hall–Kier alpha value is -2.42. The second kappa shape index (κ2) is 8.17. The first kappa shape index (κ1) is 22.8. The number of fused-ring (bicyclic) bond motifs is 1. The number of hydrogen-bond acceptors (Lipinski definition) is 3. The van der Waals surface area contributed by atoms with Crippen LogP contribution in [0.2, 0.25) is 0 Å². The normalized spacial score (nSPS) is 18.0. The highest BCUT2D eigenvalue weighted by molar-refractivity contribution is 5.94. The first-order valence-corrected chi connectivity index (χ1v) is 10.9. The third-order valence-electron chi connectivity index (χ3n) is 6.31. The summed E-state index contributed by atoms with van der Waals surface area (Å²) in [7, 11) is 0. The number of hydrogen-bond donors (Lipinski definition) is 1. The summed E-state index contributed by atoms with van der Waals surface area (Å²) >= 11 is 0. The fraction of sp³-hybridized carbons (Fsp3) is 0.565. The van der Waals surface area contributed by atoms with Gasteiger partial charge in [-0.3, -0.25) is 9.48 Å². The maximum atomic E-state index is 13.5. The lowest BCUT2D eigenvalue weighted by atomic mass is 9.86. The molecule has 3 heterocycles. The van der Waals surface area contributed by atoms with Gasteiger partial charge < -0.3 is 10.2 Å². The van der Waals surface area contributed by atoms with E-state index in [1.54, 1.807) is 4.90 Å². The summed E-state index contributed by atoms with van der Waals surface area (Å²) in [6.07, 6.45) is -3.11. The molecule has 4 rings (SSSR count). The number of benzene rings is 1. The molecule has 0 bridgehead atoms. The minimum absolute atomic E-state index is 0.103. The van der Waals surface area contributed by atoms with E-state index in [4.69, 9.17) is 0 Å². The third kappa shape index (κ3) is 4.27. The van der Waals surface area contributed by atoms with Crippen LogP contribution in [0, 0.1) is 5.82 Å². The first-order valence-electron chi connectivity index (χ1n) is 10.9. The number of rotatable bonds is 2. The Morgan fingerprint density at radius 3 is 2.47 bits per heavy atom. The van der Waals surface area contributed by atoms with Crippen molar-refractivity contribution in [1.29, 1.82) is 0 Å². The molecular formula is C23H28F4N4O. The van der Waals surface area contributed by atoms with Crippen LogP contribution in [0.1, 0.15) is 72.4 Å². The first-order chi connectivity index (χ1) is 15.0. The maximum Gasteiger partial charge on any atom is 0.416 e. The number of nitrogens with one attached hydrogen (secondary N) is 1. The van der Waals surface area contributed by atoms with Crippen molar-refractivity contribution < 1.29 is 22.4 Å². The van der Waals surface area contributed by atoms with Crippen molar-refractivity contribution in [3.05, 3.63) is 52.1 Å². The van der Waals surface area contributed by atoms with Gasteiger partial charge in [-0.05, 0) is 70.2 Å². The fourth-order valence-electron chi connectivity index (χ4n) is 4.75. The van der Waals surface area contributed by atoms with E-state index in [2.05, 4.69) is 10.4 Å². The highest BCUT2D eigenvalue weighted by Crippen LogP contribution is 2.39. The Morgan fingerprint density at radius 2 is 1.84 bits per heavy atom. The average molecular weight is 452 g/mol. The monoisotopic (exact) mass is 452 g/mol. The zero-order valence-electron chi connectivity index (χ0n) is 18.5. The zero-order valence-corrected chi connectivity index (χ0v) is 18.5. The summed E-state index contributed by atoms with van der Waals surface area (Å²) in [5.41, 5.74) is 1.34. The number of nitrogens with zero attached hydrogens (tertiary/aromatic N) is 3. The van der Waals surface area contributed by atoms with E-state index in [0.717, 1.165) is 23.9 Å². The van der Waals surface area contributed by atoms with Crippen LogP contribution >= 0.6 is 0 Å². The number of alkyl halides is 3. The molecule has 2 aliphatic heterocycles. The van der Waals surface area contributed by atoms with Gasteiger partial charge in [0.2, 0.25) is 0 Å². The molecule has 0 aliphatic carbocycles. The molecule has 174 valence electrons. The smallest absolute Gasteiger partial charge is 0.337 e. The van der Waals surface area contributed by atoms with E-state index < -0.39 is 17.6 Å². The molecule has 0 spiro atoms. The van der Waals surface area contributed by atoms with Crippen LogP contribution in [0.25, 0.3) is 0 Å². The molecule has 0 saturated carbocycles. The number of carbonyl (C=O) groups excluding carboxylic acids is 1. The highest BCUT2D eigenvalue weighted by atomic mass is 19.4. The van der Waals surface area contributed by atoms with Crippen molar-refractivity contribution >= 4 is 5.91 Å². The van der Waals surface area contributed by atoms with E-state index in [-0.39, 0.29) is 22.9 Å². The third-order valence-corrected chi connectivity index (χ3v) is 6.31. The van der Waals surface area contributed by atoms with Gasteiger partial charge in [0.15, 0.2) is 5.69 Å². The van der Waals surface area contributed by atoms with Gasteiger partial charge in [-0.25, -0.2) is 4.39 Å². The van der Waals surface area contributed by atoms with E-state index in [0.29, 0.717) is 50.7 Å². The second-order valence-corrected chi connectivity index (χ2v) is 9.58. The van der Waals surface area contributed by atoms with Crippen LogP contribution < -0.4 is 5.32 Å². The Balaban J connectivity index is 1.54. The minimum atomic E-state index is -4.61. The number of amides is 1. The lowest BCUT2D eigenvalue weighted by molar-refractivity contribution is -0.138. The molecule has 5 nitrogen and oxygen atoms in total. The summed E-state index contributed by atoms with van der Waals surface area (Å²) in [5, 5.41) is 7.99. The average Bonchev–Trinajstić information content (AvgIpc) is 3.13. The van der Waals surface area contributed by atoms with Crippen molar-refractivity contribution in [3.8, 4) is 0 Å². The quantitative estimate of drug-likeness (QED) is 0.685. The zero-order chi connectivity index (χ0) is 23.3. The maximum absolute atomic E-state index is 13.5. The minimum Gasteiger partial charge on any atom is -0.337 e. The molecule has 1 aromatic heterocycles. The van der Waals surface area contributed by atoms with Crippen LogP contribution in [0.4, 0.5) is 17.6 Å². The van der Waals surface area contributed by atoms with Crippen molar-refractivity contribution in [1.82, 2.24) is 20.0 Å². The van der Waals surface area contributed by atoms with Crippen molar-refractivity contribution in [2.45, 2.75) is 64.2 Å². The molecule has 1 fully saturated rings. The molecule has 0 atom stereocenters. The predicted octanol–water partition coefficient (Wildman–Crippen LogP) is 4.46. The Morgan fingerprint density at radius 1 is 1.16 bits per heavy atom. The van der Waals surface area contributed by atoms with Crippen LogP contribution in [-0.4, -0.2) is 40.2 Å². The van der Waals surface area contributed by atoms with Crippen LogP contribution in [0.5, 0.6) is 0 Å². The van der Waals surface area contributed by atoms with Crippen molar-refractivity contribution in [2.24, 2.45) is 0 Å². The molecular weight excluding hydrogens is 424 g/mol. The fourth-order valence-corrected chi connectivity index (χ4v) is 4.75. The number of aromatic nitrogens is 2. The summed E-state index contributed by atoms with van der Waals surface area (Å²) in [4.78, 5) is 15.0. The standard InChI is InChI=1S/C23H28F4N4O/c1-22(2,3)31-19-13-28-9-6-17(19)20(29-31)21(32)30-10-7-14(8-11-30)16-5-4-15(24)12-18(16)23(25,26)27/h4-5,12,14,28H,6-11,13H2,1-3H3. The Labute approximate surface area is 184 Å². The molecule has 1 saturated heterocycles. The number of likely N-dealkylation sites (tertiary alicyclic amines) is 1. The molecule has 0 radical (unpaired) electrons. The summed E-state index contributed by atoms with van der Waals surface area (Å²) < 4.78 is 55.6. The van der Waals surface area contributed by atoms with Crippen molar-refractivity contribution in [3.63, 3.8) is 0 Å². The molecule has 1 amide bonds. The topological polar surface area (TPSA) is 50.2 Å². The Bertz CT molecular complexity index is 1010. The van der Waals surface area contributed by atoms with Gasteiger partial charge in [0.05, 0.1) is 16.8 Å². The molecule has 1 aromatic carbocycles. The molecule has 2 aromatic rings. The summed E-state index contributed by atoms with van der Waals surface area (Å²) in [5.74, 6) is -1.44. The van der Waals surface area contributed by atoms with E-state index in [1.807, 2.05) is 25.5 Å². The lowest BCUT2D eigenvalue weighted by Crippen LogP contribution is -2.39. The van der Waals surface area contributed by atoms with Gasteiger partial charge in [0.25, 0.3) is 5.91 Å². The second-order valence-electron chi connectivity index (χ2n) is 9.58. The van der Waals surface area contributed by atoms with Crippen LogP contribution in [0.3, 0.4) is 0 Å². The van der Waals surface area contributed by atoms with Crippen LogP contribution in [0.15, 0.2) is 18.2 Å². The van der Waals surface area contributed by atoms with Gasteiger partial charge in [-0.1, -0.05) is 6.07 Å². The van der Waals surface area contributed by atoms with Crippen molar-refractivity contribution in [2.75, 3.05) is 19.6 Å². The summed E-state index contributed by atoms with van der Waals surface area (Å²) in [6.45, 7) is 8.22. The molecule has 0 unspecified atom stereocenters. The molecule has 32 heavy (non-hydrogen) atoms. The SMILES string of the molecule is CC(C)(C)n1nc(C(=O)N2CCC(c3ccc(F)cc3C(F)(F)F)CC2)c2c1CNCC2. The van der Waals surface area contributed by atoms with Gasteiger partial charge >= 0.3 is 6.18 Å². The molecule has 2 aliphatic rings. The largest absolute Gasteiger partial charge is 0.416 e. The molecule has 1 N–H and O–H groups in total. The predicted molar refractivity (Wildman–Crippen MR) is 112 cm³/mol. The Kier molecular flexibility index (Phi) is 5.81. The van der Waals surface area contributed by atoms with Gasteiger partial charge in [-0.2, -0.15) is 18.3 Å². The molecule has 9 heteroatoms. The number of halogens is 4. The van der Waals surface area contributed by atoms with E-state index >= 15 is 0 Å². The highest BCUT2D eigenvalue weighted by Gasteiger charge is 2.38. The number of carbonyl (C=O) groups is 1.